The highest BCUT2D eigenvalue weighted by Crippen LogP contribution is 2.02. The maximum atomic E-state index is 10.5. The van der Waals surface area contributed by atoms with Crippen LogP contribution in [0.2, 0.25) is 0 Å². The number of hydrogen-bond donors (Lipinski definition) is 2. The molecule has 1 rings (SSSR count). The van der Waals surface area contributed by atoms with Crippen LogP contribution in [0.4, 0.5) is 0 Å². The summed E-state index contributed by atoms with van der Waals surface area (Å²) < 4.78 is 4.92. The Kier molecular flexibility index (Phi) is 4.10. The third-order valence-corrected chi connectivity index (χ3v) is 1.93. The molecule has 0 spiro atoms. The Balaban J connectivity index is 2.60. The van der Waals surface area contributed by atoms with Gasteiger partial charge in [0, 0.05) is 24.7 Å². The number of rotatable bonds is 5. The lowest BCUT2D eigenvalue weighted by molar-refractivity contribution is -0.138. The van der Waals surface area contributed by atoms with E-state index in [0.717, 1.165) is 11.1 Å². The molecule has 1 aromatic rings. The second-order valence-corrected chi connectivity index (χ2v) is 3.22. The van der Waals surface area contributed by atoms with E-state index in [9.17, 15) is 4.79 Å². The molecule has 0 bridgehead atoms. The van der Waals surface area contributed by atoms with Crippen LogP contribution in [0.15, 0.2) is 12.1 Å². The van der Waals surface area contributed by atoms with Crippen LogP contribution < -0.4 is 5.73 Å². The number of nitrogens with two attached hydrogens (primary N) is 1. The van der Waals surface area contributed by atoms with Gasteiger partial charge in [0.15, 0.2) is 0 Å². The summed E-state index contributed by atoms with van der Waals surface area (Å²) in [5, 5.41) is 8.61. The second kappa shape index (κ2) is 5.35. The van der Waals surface area contributed by atoms with Gasteiger partial charge in [-0.15, -0.1) is 0 Å². The molecular formula is C11H13NO3. The van der Waals surface area contributed by atoms with Gasteiger partial charge in [0.25, 0.3) is 0 Å². The molecule has 0 saturated carbocycles. The fourth-order valence-electron chi connectivity index (χ4n) is 1.13. The maximum absolute atomic E-state index is 10.5. The topological polar surface area (TPSA) is 72.5 Å². The van der Waals surface area contributed by atoms with Crippen LogP contribution in [0.3, 0.4) is 0 Å². The van der Waals surface area contributed by atoms with E-state index in [2.05, 4.69) is 12.1 Å². The van der Waals surface area contributed by atoms with Crippen LogP contribution >= 0.6 is 0 Å². The van der Waals surface area contributed by atoms with Gasteiger partial charge in [0.05, 0.1) is 6.61 Å². The molecule has 0 aliphatic rings. The summed E-state index contributed by atoms with van der Waals surface area (Å²) in [6.45, 7) is 0.474. The number of carboxylic acids is 1. The van der Waals surface area contributed by atoms with E-state index in [1.54, 1.807) is 13.2 Å². The predicted octanol–water partition coefficient (Wildman–Crippen LogP) is 0.388. The normalized spacial score (nSPS) is 11.9. The highest BCUT2D eigenvalue weighted by molar-refractivity contribution is 5.73. The van der Waals surface area contributed by atoms with E-state index in [1.165, 1.54) is 0 Å². The van der Waals surface area contributed by atoms with Gasteiger partial charge < -0.3 is 15.6 Å². The zero-order valence-corrected chi connectivity index (χ0v) is 8.49. The molecule has 4 heteroatoms. The average molecular weight is 207 g/mol. The SMILES string of the molecule is COCc1c#cc(CC(N)C(=O)O)cc1. The van der Waals surface area contributed by atoms with Crippen LogP contribution in [0, 0.1) is 12.1 Å². The third kappa shape index (κ3) is 3.58. The Hall–Kier alpha value is -1.57. The van der Waals surface area contributed by atoms with E-state index in [1.807, 2.05) is 6.07 Å². The van der Waals surface area contributed by atoms with Gasteiger partial charge in [-0.05, 0) is 12.1 Å². The van der Waals surface area contributed by atoms with Crippen molar-refractivity contribution < 1.29 is 14.6 Å². The highest BCUT2D eigenvalue weighted by Gasteiger charge is 2.11. The molecule has 0 radical (unpaired) electrons. The van der Waals surface area contributed by atoms with Crippen LogP contribution in [-0.4, -0.2) is 24.2 Å². The maximum Gasteiger partial charge on any atom is 0.320 e. The van der Waals surface area contributed by atoms with Crippen molar-refractivity contribution in [2.45, 2.75) is 19.1 Å². The summed E-state index contributed by atoms with van der Waals surface area (Å²) in [5.41, 5.74) is 7.01. The van der Waals surface area contributed by atoms with Crippen molar-refractivity contribution >= 4 is 5.97 Å². The summed E-state index contributed by atoms with van der Waals surface area (Å²) in [4.78, 5) is 10.5. The monoisotopic (exact) mass is 207 g/mol. The highest BCUT2D eigenvalue weighted by atomic mass is 16.5. The molecule has 4 nitrogen and oxygen atoms in total. The Morgan fingerprint density at radius 2 is 2.13 bits per heavy atom. The number of methoxy groups -OCH3 is 1. The van der Waals surface area contributed by atoms with Crippen molar-refractivity contribution in [1.29, 1.82) is 0 Å². The Morgan fingerprint density at radius 3 is 2.60 bits per heavy atom. The van der Waals surface area contributed by atoms with Crippen molar-refractivity contribution in [3.05, 3.63) is 35.4 Å². The summed E-state index contributed by atoms with van der Waals surface area (Å²) in [6.07, 6.45) is 0.263. The lowest BCUT2D eigenvalue weighted by Crippen LogP contribution is -2.32. The largest absolute Gasteiger partial charge is 0.480 e. The zero-order chi connectivity index (χ0) is 11.3. The van der Waals surface area contributed by atoms with Crippen LogP contribution in [0.25, 0.3) is 0 Å². The van der Waals surface area contributed by atoms with E-state index >= 15 is 0 Å². The molecule has 0 amide bonds. The molecular weight excluding hydrogens is 194 g/mol. The molecule has 0 heterocycles. The minimum absolute atomic E-state index is 0.263. The predicted molar refractivity (Wildman–Crippen MR) is 54.1 cm³/mol. The zero-order valence-electron chi connectivity index (χ0n) is 8.49. The van der Waals surface area contributed by atoms with Crippen molar-refractivity contribution in [3.8, 4) is 0 Å². The molecule has 1 aromatic carbocycles. The Morgan fingerprint density at radius 1 is 1.53 bits per heavy atom. The van der Waals surface area contributed by atoms with E-state index in [4.69, 9.17) is 15.6 Å². The van der Waals surface area contributed by atoms with E-state index < -0.39 is 12.0 Å². The standard InChI is InChI=1S/C11H13NO3/c1-15-7-9-4-2-8(3-5-9)6-10(12)11(13)14/h2,4,10H,6-7,12H2,1H3,(H,13,14). The van der Waals surface area contributed by atoms with Gasteiger partial charge in [-0.2, -0.15) is 0 Å². The third-order valence-electron chi connectivity index (χ3n) is 1.93. The first-order valence-electron chi connectivity index (χ1n) is 4.52. The minimum Gasteiger partial charge on any atom is -0.480 e. The number of carbonyl (C=O) groups is 1. The molecule has 0 fully saturated rings. The van der Waals surface area contributed by atoms with Gasteiger partial charge in [-0.3, -0.25) is 4.79 Å². The molecule has 1 unspecified atom stereocenters. The van der Waals surface area contributed by atoms with Crippen LogP contribution in [-0.2, 0) is 22.6 Å². The van der Waals surface area contributed by atoms with Gasteiger partial charge in [-0.1, -0.05) is 12.1 Å². The van der Waals surface area contributed by atoms with Crippen LogP contribution in [0.1, 0.15) is 11.1 Å². The molecule has 0 aromatic heterocycles. The van der Waals surface area contributed by atoms with Crippen LogP contribution in [0.5, 0.6) is 0 Å². The molecule has 3 N–H and O–H groups in total. The lowest BCUT2D eigenvalue weighted by atomic mass is 10.1. The quantitative estimate of drug-likeness (QED) is 0.732. The minimum atomic E-state index is -1.01. The van der Waals surface area contributed by atoms with E-state index in [0.29, 0.717) is 6.61 Å². The van der Waals surface area contributed by atoms with Crippen molar-refractivity contribution in [3.63, 3.8) is 0 Å². The number of ether oxygens (including phenoxy) is 1. The summed E-state index contributed by atoms with van der Waals surface area (Å²) in [5.74, 6) is -1.01. The smallest absolute Gasteiger partial charge is 0.320 e. The fourth-order valence-corrected chi connectivity index (χ4v) is 1.13. The lowest BCUT2D eigenvalue weighted by Gasteiger charge is -2.04. The number of aliphatic carboxylic acids is 1. The van der Waals surface area contributed by atoms with Gasteiger partial charge in [0.1, 0.15) is 6.04 Å². The second-order valence-electron chi connectivity index (χ2n) is 3.22. The van der Waals surface area contributed by atoms with Gasteiger partial charge in [-0.25, -0.2) is 0 Å². The van der Waals surface area contributed by atoms with Gasteiger partial charge >= 0.3 is 5.97 Å². The number of hydrogen-bond acceptors (Lipinski definition) is 3. The fraction of sp³-hybridized carbons (Fsp3) is 0.364. The molecule has 0 aliphatic heterocycles. The Bertz CT molecular complexity index is 321. The molecule has 0 saturated heterocycles. The van der Waals surface area contributed by atoms with Crippen molar-refractivity contribution in [1.82, 2.24) is 0 Å². The number of carboxylic acid groups (broad SMARTS) is 1. The Labute approximate surface area is 88.7 Å². The summed E-state index contributed by atoms with van der Waals surface area (Å²) in [6, 6.07) is 8.47. The average Bonchev–Trinajstić information content (AvgIpc) is 2.21. The van der Waals surface area contributed by atoms with Crippen molar-refractivity contribution in [2.75, 3.05) is 7.11 Å². The molecule has 15 heavy (non-hydrogen) atoms. The molecule has 80 valence electrons. The molecule has 0 aliphatic carbocycles. The first-order chi connectivity index (χ1) is 7.13. The van der Waals surface area contributed by atoms with Crippen molar-refractivity contribution in [2.24, 2.45) is 5.73 Å². The summed E-state index contributed by atoms with van der Waals surface area (Å²) in [7, 11) is 1.60. The first kappa shape index (κ1) is 11.5. The van der Waals surface area contributed by atoms with E-state index in [-0.39, 0.29) is 6.42 Å². The molecule has 1 atom stereocenters. The van der Waals surface area contributed by atoms with Gasteiger partial charge in [0.2, 0.25) is 0 Å². The first-order valence-corrected chi connectivity index (χ1v) is 4.52. The summed E-state index contributed by atoms with van der Waals surface area (Å²) >= 11 is 0.